The molecule has 142 valence electrons. The lowest BCUT2D eigenvalue weighted by Crippen LogP contribution is -2.44. The molecule has 0 atom stereocenters. The fraction of sp³-hybridized carbons (Fsp3) is 0.421. The van der Waals surface area contributed by atoms with E-state index >= 15 is 0 Å². The number of aromatic nitrogens is 2. The third-order valence-corrected chi connectivity index (χ3v) is 5.14. The van der Waals surface area contributed by atoms with E-state index in [4.69, 9.17) is 9.47 Å². The maximum Gasteiger partial charge on any atom is 0.328 e. The molecule has 1 aromatic carbocycles. The van der Waals surface area contributed by atoms with Gasteiger partial charge in [-0.1, -0.05) is 13.0 Å². The topological polar surface area (TPSA) is 93.6 Å². The number of H-pyrrole nitrogens is 1. The Hall–Kier alpha value is -3.03. The molecule has 2 aliphatic rings. The van der Waals surface area contributed by atoms with Crippen LogP contribution in [0.4, 0.5) is 0 Å². The van der Waals surface area contributed by atoms with Crippen molar-refractivity contribution in [2.24, 2.45) is 5.92 Å². The zero-order chi connectivity index (χ0) is 19.0. The van der Waals surface area contributed by atoms with Crippen molar-refractivity contribution in [3.8, 4) is 11.5 Å². The molecule has 8 heteroatoms. The number of benzene rings is 1. The molecular formula is C19H21N3O5. The Kier molecular flexibility index (Phi) is 4.47. The molecule has 3 heterocycles. The van der Waals surface area contributed by atoms with E-state index in [1.807, 2.05) is 0 Å². The van der Waals surface area contributed by atoms with Crippen molar-refractivity contribution in [2.75, 3.05) is 19.9 Å². The number of rotatable bonds is 3. The van der Waals surface area contributed by atoms with Crippen LogP contribution < -0.4 is 20.7 Å². The van der Waals surface area contributed by atoms with Crippen LogP contribution in [0.25, 0.3) is 0 Å². The van der Waals surface area contributed by atoms with Gasteiger partial charge < -0.3 is 19.4 Å². The summed E-state index contributed by atoms with van der Waals surface area (Å²) in [6.07, 6.45) is 3.06. The summed E-state index contributed by atoms with van der Waals surface area (Å²) in [5, 5.41) is 0. The van der Waals surface area contributed by atoms with E-state index in [1.165, 1.54) is 6.20 Å². The molecule has 27 heavy (non-hydrogen) atoms. The van der Waals surface area contributed by atoms with E-state index in [2.05, 4.69) is 11.9 Å². The van der Waals surface area contributed by atoms with Gasteiger partial charge in [-0.2, -0.15) is 0 Å². The summed E-state index contributed by atoms with van der Waals surface area (Å²) in [6, 6.07) is 5.23. The van der Waals surface area contributed by atoms with Crippen LogP contribution in [0.5, 0.6) is 11.5 Å². The molecule has 1 aromatic heterocycles. The van der Waals surface area contributed by atoms with Crippen molar-refractivity contribution < 1.29 is 14.3 Å². The molecule has 0 unspecified atom stereocenters. The highest BCUT2D eigenvalue weighted by atomic mass is 16.7. The van der Waals surface area contributed by atoms with E-state index in [1.54, 1.807) is 23.1 Å². The van der Waals surface area contributed by atoms with Crippen LogP contribution in [0.3, 0.4) is 0 Å². The minimum atomic E-state index is -0.583. The van der Waals surface area contributed by atoms with Gasteiger partial charge in [0.1, 0.15) is 5.56 Å². The molecular weight excluding hydrogens is 350 g/mol. The highest BCUT2D eigenvalue weighted by Gasteiger charge is 2.24. The van der Waals surface area contributed by atoms with Gasteiger partial charge >= 0.3 is 5.69 Å². The first kappa shape index (κ1) is 17.4. The third kappa shape index (κ3) is 3.34. The Labute approximate surface area is 155 Å². The van der Waals surface area contributed by atoms with Gasteiger partial charge in [0.15, 0.2) is 11.5 Å². The zero-order valence-corrected chi connectivity index (χ0v) is 15.1. The molecule has 0 saturated carbocycles. The Balaban J connectivity index is 1.62. The Morgan fingerprint density at radius 3 is 2.70 bits per heavy atom. The standard InChI is InChI=1S/C19H21N3O5/c1-12-4-6-21(7-5-12)17(23)14-9-20-19(25)22(18(14)24)10-13-2-3-15-16(8-13)27-11-26-15/h2-3,8-9,12H,4-7,10-11H2,1H3,(H,20,25). The molecule has 1 fully saturated rings. The van der Waals surface area contributed by atoms with Crippen LogP contribution >= 0.6 is 0 Å². The summed E-state index contributed by atoms with van der Waals surface area (Å²) in [4.78, 5) is 42.0. The minimum absolute atomic E-state index is 0.00936. The first-order chi connectivity index (χ1) is 13.0. The maximum atomic E-state index is 12.8. The molecule has 1 amide bonds. The smallest absolute Gasteiger partial charge is 0.328 e. The van der Waals surface area contributed by atoms with Crippen molar-refractivity contribution in [3.05, 3.63) is 56.4 Å². The number of carbonyl (C=O) groups excluding carboxylic acids is 1. The summed E-state index contributed by atoms with van der Waals surface area (Å²) >= 11 is 0. The molecule has 1 N–H and O–H groups in total. The quantitative estimate of drug-likeness (QED) is 0.875. The second-order valence-electron chi connectivity index (χ2n) is 7.06. The number of piperidine rings is 1. The molecule has 8 nitrogen and oxygen atoms in total. The molecule has 2 aromatic rings. The summed E-state index contributed by atoms with van der Waals surface area (Å²) < 4.78 is 11.6. The largest absolute Gasteiger partial charge is 0.454 e. The number of nitrogens with one attached hydrogen (secondary N) is 1. The van der Waals surface area contributed by atoms with E-state index in [0.29, 0.717) is 36.1 Å². The fourth-order valence-corrected chi connectivity index (χ4v) is 3.41. The number of aromatic amines is 1. The fourth-order valence-electron chi connectivity index (χ4n) is 3.41. The van der Waals surface area contributed by atoms with Crippen LogP contribution in [0.2, 0.25) is 0 Å². The molecule has 2 aliphatic heterocycles. The third-order valence-electron chi connectivity index (χ3n) is 5.14. The first-order valence-corrected chi connectivity index (χ1v) is 9.03. The number of fused-ring (bicyclic) bond motifs is 1. The highest BCUT2D eigenvalue weighted by Crippen LogP contribution is 2.32. The van der Waals surface area contributed by atoms with Gasteiger partial charge in [0.2, 0.25) is 6.79 Å². The molecule has 0 aliphatic carbocycles. The van der Waals surface area contributed by atoms with E-state index in [9.17, 15) is 14.4 Å². The number of amides is 1. The normalized spacial score (nSPS) is 16.6. The molecule has 1 saturated heterocycles. The lowest BCUT2D eigenvalue weighted by Gasteiger charge is -2.30. The maximum absolute atomic E-state index is 12.8. The van der Waals surface area contributed by atoms with Crippen LogP contribution in [-0.4, -0.2) is 40.2 Å². The predicted octanol–water partition coefficient (Wildman–Crippen LogP) is 1.19. The van der Waals surface area contributed by atoms with Gasteiger partial charge in [-0.25, -0.2) is 4.79 Å². The number of ether oxygens (including phenoxy) is 2. The van der Waals surface area contributed by atoms with E-state index in [-0.39, 0.29) is 24.8 Å². The van der Waals surface area contributed by atoms with Gasteiger partial charge in [0, 0.05) is 19.3 Å². The first-order valence-electron chi connectivity index (χ1n) is 9.03. The van der Waals surface area contributed by atoms with Crippen LogP contribution in [0.15, 0.2) is 34.0 Å². The lowest BCUT2D eigenvalue weighted by molar-refractivity contribution is 0.0694. The summed E-state index contributed by atoms with van der Waals surface area (Å²) in [6.45, 7) is 3.60. The highest BCUT2D eigenvalue weighted by molar-refractivity contribution is 5.93. The summed E-state index contributed by atoms with van der Waals surface area (Å²) in [5.74, 6) is 1.45. The summed E-state index contributed by atoms with van der Waals surface area (Å²) in [7, 11) is 0. The predicted molar refractivity (Wildman–Crippen MR) is 97.3 cm³/mol. The minimum Gasteiger partial charge on any atom is -0.454 e. The number of likely N-dealkylation sites (tertiary alicyclic amines) is 1. The lowest BCUT2D eigenvalue weighted by atomic mass is 9.99. The average Bonchev–Trinajstić information content (AvgIpc) is 3.13. The second kappa shape index (κ2) is 6.94. The Morgan fingerprint density at radius 1 is 1.19 bits per heavy atom. The van der Waals surface area contributed by atoms with Crippen molar-refractivity contribution >= 4 is 5.91 Å². The average molecular weight is 371 g/mol. The van der Waals surface area contributed by atoms with Crippen LogP contribution in [0.1, 0.15) is 35.7 Å². The van der Waals surface area contributed by atoms with Crippen LogP contribution in [0, 0.1) is 5.92 Å². The van der Waals surface area contributed by atoms with Gasteiger partial charge in [-0.05, 0) is 36.5 Å². The monoisotopic (exact) mass is 371 g/mol. The van der Waals surface area contributed by atoms with Gasteiger partial charge in [-0.3, -0.25) is 14.2 Å². The second-order valence-corrected chi connectivity index (χ2v) is 7.06. The molecule has 0 spiro atoms. The Morgan fingerprint density at radius 2 is 1.93 bits per heavy atom. The summed E-state index contributed by atoms with van der Waals surface area (Å²) in [5.41, 5.74) is -0.435. The Bertz CT molecular complexity index is 986. The number of nitrogens with zero attached hydrogens (tertiary/aromatic N) is 2. The molecule has 0 bridgehead atoms. The van der Waals surface area contributed by atoms with Crippen molar-refractivity contribution in [2.45, 2.75) is 26.3 Å². The SMILES string of the molecule is CC1CCN(C(=O)c2c[nH]c(=O)n(Cc3ccc4c(c3)OCO4)c2=O)CC1. The number of carbonyl (C=O) groups is 1. The van der Waals surface area contributed by atoms with Crippen molar-refractivity contribution in [1.29, 1.82) is 0 Å². The number of hydrogen-bond acceptors (Lipinski definition) is 5. The van der Waals surface area contributed by atoms with Crippen LogP contribution in [-0.2, 0) is 6.54 Å². The number of hydrogen-bond donors (Lipinski definition) is 1. The van der Waals surface area contributed by atoms with Gasteiger partial charge in [0.25, 0.3) is 11.5 Å². The molecule has 4 rings (SSSR count). The van der Waals surface area contributed by atoms with E-state index in [0.717, 1.165) is 17.4 Å². The van der Waals surface area contributed by atoms with Gasteiger partial charge in [-0.15, -0.1) is 0 Å². The van der Waals surface area contributed by atoms with Crippen molar-refractivity contribution in [1.82, 2.24) is 14.5 Å². The zero-order valence-electron chi connectivity index (χ0n) is 15.1. The van der Waals surface area contributed by atoms with Crippen molar-refractivity contribution in [3.63, 3.8) is 0 Å². The van der Waals surface area contributed by atoms with Gasteiger partial charge in [0.05, 0.1) is 6.54 Å². The van der Waals surface area contributed by atoms with E-state index < -0.39 is 11.2 Å². The molecule has 0 radical (unpaired) electrons.